The molecule has 0 N–H and O–H groups in total. The number of hydrogen-bond donors (Lipinski definition) is 0. The molecule has 0 unspecified atom stereocenters. The number of aldehydes is 1. The van der Waals surface area contributed by atoms with Gasteiger partial charge >= 0.3 is 0 Å². The molecule has 0 bridgehead atoms. The van der Waals surface area contributed by atoms with Gasteiger partial charge in [-0.05, 0) is 29.9 Å². The van der Waals surface area contributed by atoms with Gasteiger partial charge in [0.1, 0.15) is 0 Å². The first-order valence-corrected chi connectivity index (χ1v) is 5.66. The van der Waals surface area contributed by atoms with Crippen molar-refractivity contribution >= 4 is 23.5 Å². The summed E-state index contributed by atoms with van der Waals surface area (Å²) in [7, 11) is 3.48. The second kappa shape index (κ2) is 5.07. The first-order chi connectivity index (χ1) is 7.06. The Balaban J connectivity index is 2.68. The fourth-order valence-electron chi connectivity index (χ4n) is 1.36. The minimum Gasteiger partial charge on any atom is -0.349 e. The predicted molar refractivity (Wildman–Crippen MR) is 61.5 cm³/mol. The topological polar surface area (TPSA) is 37.4 Å². The van der Waals surface area contributed by atoms with Crippen molar-refractivity contribution in [2.24, 2.45) is 0 Å². The number of carbonyl (C=O) groups is 2. The molecule has 3 nitrogen and oxygen atoms in total. The van der Waals surface area contributed by atoms with Gasteiger partial charge in [0, 0.05) is 20.5 Å². The summed E-state index contributed by atoms with van der Waals surface area (Å²) >= 11 is 1.44. The third-order valence-corrected chi connectivity index (χ3v) is 3.40. The van der Waals surface area contributed by atoms with Crippen molar-refractivity contribution in [1.29, 1.82) is 0 Å². The number of hydrogen-bond acceptors (Lipinski definition) is 3. The van der Waals surface area contributed by atoms with Crippen LogP contribution in [0.5, 0.6) is 0 Å². The van der Waals surface area contributed by atoms with Crippen molar-refractivity contribution in [3.05, 3.63) is 21.4 Å². The zero-order valence-electron chi connectivity index (χ0n) is 9.24. The summed E-state index contributed by atoms with van der Waals surface area (Å²) in [6.07, 6.45) is 1.99. The summed E-state index contributed by atoms with van der Waals surface area (Å²) in [6, 6.07) is 0. The Morgan fingerprint density at radius 2 is 2.20 bits per heavy atom. The van der Waals surface area contributed by atoms with Crippen LogP contribution >= 0.6 is 11.3 Å². The smallest absolute Gasteiger partial charge is 0.222 e. The van der Waals surface area contributed by atoms with Gasteiger partial charge in [-0.3, -0.25) is 9.59 Å². The van der Waals surface area contributed by atoms with Crippen molar-refractivity contribution in [2.45, 2.75) is 19.8 Å². The molecule has 0 aliphatic heterocycles. The fraction of sp³-hybridized carbons (Fsp3) is 0.455. The summed E-state index contributed by atoms with van der Waals surface area (Å²) < 4.78 is 0. The summed E-state index contributed by atoms with van der Waals surface area (Å²) in [4.78, 5) is 24.4. The molecule has 1 aromatic rings. The molecule has 0 radical (unpaired) electrons. The van der Waals surface area contributed by atoms with Gasteiger partial charge in [-0.15, -0.1) is 11.3 Å². The van der Waals surface area contributed by atoms with E-state index in [-0.39, 0.29) is 5.91 Å². The van der Waals surface area contributed by atoms with E-state index in [0.717, 1.165) is 22.3 Å². The van der Waals surface area contributed by atoms with Crippen molar-refractivity contribution in [3.63, 3.8) is 0 Å². The molecule has 1 rings (SSSR count). The molecule has 15 heavy (non-hydrogen) atoms. The van der Waals surface area contributed by atoms with E-state index in [1.165, 1.54) is 11.3 Å². The third kappa shape index (κ3) is 2.89. The number of aryl methyl sites for hydroxylation is 1. The second-order valence-corrected chi connectivity index (χ2v) is 4.58. The highest BCUT2D eigenvalue weighted by molar-refractivity contribution is 7.12. The molecule has 4 heteroatoms. The molecule has 1 heterocycles. The molecule has 0 spiro atoms. The van der Waals surface area contributed by atoms with E-state index in [1.807, 2.05) is 12.3 Å². The molecule has 1 amide bonds. The van der Waals surface area contributed by atoms with E-state index >= 15 is 0 Å². The van der Waals surface area contributed by atoms with Crippen LogP contribution in [0.15, 0.2) is 5.38 Å². The number of amides is 1. The minimum atomic E-state index is 0.0949. The summed E-state index contributed by atoms with van der Waals surface area (Å²) in [5, 5.41) is 1.96. The third-order valence-electron chi connectivity index (χ3n) is 2.33. The predicted octanol–water partition coefficient (Wildman–Crippen LogP) is 1.89. The zero-order chi connectivity index (χ0) is 11.4. The van der Waals surface area contributed by atoms with Crippen LogP contribution in [0.3, 0.4) is 0 Å². The lowest BCUT2D eigenvalue weighted by atomic mass is 10.1. The van der Waals surface area contributed by atoms with Crippen LogP contribution < -0.4 is 0 Å². The monoisotopic (exact) mass is 225 g/mol. The van der Waals surface area contributed by atoms with Gasteiger partial charge in [-0.25, -0.2) is 0 Å². The number of thiophene rings is 1. The summed E-state index contributed by atoms with van der Waals surface area (Å²) in [5.74, 6) is 0.0949. The first kappa shape index (κ1) is 11.9. The lowest BCUT2D eigenvalue weighted by Crippen LogP contribution is -2.21. The van der Waals surface area contributed by atoms with Crippen LogP contribution in [0.2, 0.25) is 0 Å². The largest absolute Gasteiger partial charge is 0.349 e. The zero-order valence-corrected chi connectivity index (χ0v) is 10.1. The molecule has 0 aromatic carbocycles. The first-order valence-electron chi connectivity index (χ1n) is 4.78. The van der Waals surface area contributed by atoms with Crippen LogP contribution in [-0.4, -0.2) is 31.2 Å². The normalized spacial score (nSPS) is 10.1. The molecule has 0 saturated heterocycles. The quantitative estimate of drug-likeness (QED) is 0.734. The lowest BCUT2D eigenvalue weighted by molar-refractivity contribution is -0.128. The standard InChI is InChI=1S/C11H15NO2S/c1-8-7-15-10(6-13)9(8)4-5-11(14)12(2)3/h6-7H,4-5H2,1-3H3. The van der Waals surface area contributed by atoms with E-state index in [1.54, 1.807) is 19.0 Å². The molecule has 0 fully saturated rings. The van der Waals surface area contributed by atoms with Crippen LogP contribution in [0, 0.1) is 6.92 Å². The minimum absolute atomic E-state index is 0.0949. The van der Waals surface area contributed by atoms with E-state index < -0.39 is 0 Å². The van der Waals surface area contributed by atoms with Crippen molar-refractivity contribution in [1.82, 2.24) is 4.90 Å². The number of nitrogens with zero attached hydrogens (tertiary/aromatic N) is 1. The Kier molecular flexibility index (Phi) is 4.03. The number of carbonyl (C=O) groups excluding carboxylic acids is 2. The number of rotatable bonds is 4. The Bertz CT molecular complexity index is 369. The van der Waals surface area contributed by atoms with Gasteiger partial charge in [0.05, 0.1) is 4.88 Å². The highest BCUT2D eigenvalue weighted by Crippen LogP contribution is 2.21. The van der Waals surface area contributed by atoms with Crippen LogP contribution in [0.25, 0.3) is 0 Å². The van der Waals surface area contributed by atoms with E-state index in [4.69, 9.17) is 0 Å². The average Bonchev–Trinajstić information content (AvgIpc) is 2.55. The van der Waals surface area contributed by atoms with Gasteiger partial charge in [-0.1, -0.05) is 0 Å². The Morgan fingerprint density at radius 3 is 2.73 bits per heavy atom. The Morgan fingerprint density at radius 1 is 1.53 bits per heavy atom. The molecule has 0 atom stereocenters. The van der Waals surface area contributed by atoms with Crippen LogP contribution in [0.4, 0.5) is 0 Å². The molecule has 0 aliphatic rings. The van der Waals surface area contributed by atoms with Gasteiger partial charge in [0.25, 0.3) is 0 Å². The molecule has 0 saturated carbocycles. The van der Waals surface area contributed by atoms with Crippen molar-refractivity contribution in [2.75, 3.05) is 14.1 Å². The van der Waals surface area contributed by atoms with E-state index in [9.17, 15) is 9.59 Å². The van der Waals surface area contributed by atoms with Gasteiger partial charge in [0.2, 0.25) is 5.91 Å². The van der Waals surface area contributed by atoms with Crippen molar-refractivity contribution < 1.29 is 9.59 Å². The van der Waals surface area contributed by atoms with Crippen LogP contribution in [0.1, 0.15) is 27.2 Å². The molecule has 82 valence electrons. The lowest BCUT2D eigenvalue weighted by Gasteiger charge is -2.09. The van der Waals surface area contributed by atoms with Crippen LogP contribution in [-0.2, 0) is 11.2 Å². The van der Waals surface area contributed by atoms with E-state index in [2.05, 4.69) is 0 Å². The molecule has 0 aliphatic carbocycles. The summed E-state index contributed by atoms with van der Waals surface area (Å²) in [6.45, 7) is 1.97. The average molecular weight is 225 g/mol. The van der Waals surface area contributed by atoms with Gasteiger partial charge < -0.3 is 4.90 Å². The maximum Gasteiger partial charge on any atom is 0.222 e. The molecular formula is C11H15NO2S. The maximum absolute atomic E-state index is 11.4. The van der Waals surface area contributed by atoms with Gasteiger partial charge in [0.15, 0.2) is 6.29 Å². The highest BCUT2D eigenvalue weighted by atomic mass is 32.1. The van der Waals surface area contributed by atoms with E-state index in [0.29, 0.717) is 12.8 Å². The maximum atomic E-state index is 11.4. The van der Waals surface area contributed by atoms with Crippen molar-refractivity contribution in [3.8, 4) is 0 Å². The highest BCUT2D eigenvalue weighted by Gasteiger charge is 2.11. The SMILES string of the molecule is Cc1csc(C=O)c1CCC(=O)N(C)C. The second-order valence-electron chi connectivity index (χ2n) is 3.67. The summed E-state index contributed by atoms with van der Waals surface area (Å²) in [5.41, 5.74) is 2.12. The Labute approximate surface area is 93.7 Å². The molecule has 1 aromatic heterocycles. The fourth-order valence-corrected chi connectivity index (χ4v) is 2.27. The molecular weight excluding hydrogens is 210 g/mol. The van der Waals surface area contributed by atoms with Gasteiger partial charge in [-0.2, -0.15) is 0 Å². The Hall–Kier alpha value is -1.16.